The number of carbonyl (C=O) groups is 1. The fourth-order valence-corrected chi connectivity index (χ4v) is 6.47. The number of hydrogen-bond donors (Lipinski definition) is 2. The summed E-state index contributed by atoms with van der Waals surface area (Å²) < 4.78 is 62.1. The molecular weight excluding hydrogens is 546 g/mol. The molecule has 0 unspecified atom stereocenters. The SMILES string of the molecule is COc1ccc2ncc(CN)c([C@H](F)CCC3(CC(=O)O)CCN(CCSc4cc(F)cc(F)c4F)CC3)c2c1. The van der Waals surface area contributed by atoms with Crippen LogP contribution in [0, 0.1) is 22.9 Å². The standard InChI is InChI=1S/C29H33F4N3O3S/c1-39-20-2-3-24-21(14-20)27(18(16-34)17-35-24)22(31)4-5-29(15-26(37)38)6-8-36(9-7-29)10-11-40-25-13-19(30)12-23(32)28(25)33/h2-3,12-14,17,22H,4-11,15-16,34H2,1H3,(H,37,38)/t22-/m1/s1. The van der Waals surface area contributed by atoms with Crippen LogP contribution in [0.4, 0.5) is 17.6 Å². The Hall–Kier alpha value is -2.89. The molecule has 11 heteroatoms. The number of halogens is 4. The highest BCUT2D eigenvalue weighted by atomic mass is 32.2. The molecule has 0 saturated carbocycles. The van der Waals surface area contributed by atoms with E-state index in [-0.39, 0.29) is 24.3 Å². The summed E-state index contributed by atoms with van der Waals surface area (Å²) in [6.07, 6.45) is 1.81. The van der Waals surface area contributed by atoms with E-state index in [1.54, 1.807) is 24.4 Å². The Morgan fingerprint density at radius 3 is 2.65 bits per heavy atom. The van der Waals surface area contributed by atoms with Gasteiger partial charge in [-0.1, -0.05) is 0 Å². The van der Waals surface area contributed by atoms with E-state index in [9.17, 15) is 23.1 Å². The minimum Gasteiger partial charge on any atom is -0.497 e. The summed E-state index contributed by atoms with van der Waals surface area (Å²) >= 11 is 1.03. The van der Waals surface area contributed by atoms with Crippen LogP contribution in [0.3, 0.4) is 0 Å². The Labute approximate surface area is 234 Å². The third-order valence-electron chi connectivity index (χ3n) is 7.73. The van der Waals surface area contributed by atoms with Crippen molar-refractivity contribution in [2.75, 3.05) is 32.5 Å². The van der Waals surface area contributed by atoms with Crippen molar-refractivity contribution >= 4 is 28.6 Å². The van der Waals surface area contributed by atoms with Crippen molar-refractivity contribution in [1.82, 2.24) is 9.88 Å². The molecule has 0 radical (unpaired) electrons. The molecule has 3 aromatic rings. The number of methoxy groups -OCH3 is 1. The van der Waals surface area contributed by atoms with Gasteiger partial charge < -0.3 is 20.5 Å². The molecule has 1 saturated heterocycles. The van der Waals surface area contributed by atoms with E-state index in [2.05, 4.69) is 9.88 Å². The van der Waals surface area contributed by atoms with Crippen molar-refractivity contribution in [2.45, 2.75) is 49.7 Å². The number of ether oxygens (including phenoxy) is 1. The molecule has 1 atom stereocenters. The average molecular weight is 580 g/mol. The first-order chi connectivity index (χ1) is 19.1. The van der Waals surface area contributed by atoms with Gasteiger partial charge in [0.05, 0.1) is 19.0 Å². The molecule has 40 heavy (non-hydrogen) atoms. The maximum Gasteiger partial charge on any atom is 0.303 e. The monoisotopic (exact) mass is 579 g/mol. The van der Waals surface area contributed by atoms with Crippen molar-refractivity contribution < 1.29 is 32.2 Å². The lowest BCUT2D eigenvalue weighted by Gasteiger charge is -2.41. The minimum atomic E-state index is -1.36. The Balaban J connectivity index is 1.41. The number of thioether (sulfide) groups is 1. The molecule has 2 aromatic carbocycles. The maximum absolute atomic E-state index is 15.9. The van der Waals surface area contributed by atoms with Crippen molar-refractivity contribution in [1.29, 1.82) is 0 Å². The number of carboxylic acid groups (broad SMARTS) is 1. The fraction of sp³-hybridized carbons (Fsp3) is 0.448. The van der Waals surface area contributed by atoms with Gasteiger partial charge in [0, 0.05) is 47.0 Å². The molecule has 0 spiro atoms. The molecule has 1 fully saturated rings. The second kappa shape index (κ2) is 13.2. The number of aromatic nitrogens is 1. The summed E-state index contributed by atoms with van der Waals surface area (Å²) in [5, 5.41) is 10.3. The topological polar surface area (TPSA) is 88.7 Å². The smallest absolute Gasteiger partial charge is 0.303 e. The van der Waals surface area contributed by atoms with Crippen molar-refractivity contribution in [3.05, 3.63) is 65.1 Å². The first-order valence-corrected chi connectivity index (χ1v) is 14.1. The molecule has 1 aliphatic heterocycles. The summed E-state index contributed by atoms with van der Waals surface area (Å²) in [4.78, 5) is 18.2. The van der Waals surface area contributed by atoms with E-state index in [4.69, 9.17) is 10.5 Å². The Kier molecular flexibility index (Phi) is 9.91. The van der Waals surface area contributed by atoms with Gasteiger partial charge >= 0.3 is 5.97 Å². The van der Waals surface area contributed by atoms with Crippen LogP contribution >= 0.6 is 11.8 Å². The number of piperidine rings is 1. The highest BCUT2D eigenvalue weighted by Gasteiger charge is 2.37. The van der Waals surface area contributed by atoms with E-state index in [1.807, 2.05) is 0 Å². The average Bonchev–Trinajstić information content (AvgIpc) is 2.94. The number of rotatable bonds is 12. The molecule has 1 aliphatic rings. The van der Waals surface area contributed by atoms with Gasteiger partial charge in [-0.15, -0.1) is 11.8 Å². The molecule has 4 rings (SSSR count). The number of nitrogens with zero attached hydrogens (tertiary/aromatic N) is 2. The minimum absolute atomic E-state index is 0.0647. The highest BCUT2D eigenvalue weighted by molar-refractivity contribution is 7.99. The van der Waals surface area contributed by atoms with Gasteiger partial charge in [-0.2, -0.15) is 0 Å². The molecule has 6 nitrogen and oxygen atoms in total. The van der Waals surface area contributed by atoms with Gasteiger partial charge in [-0.3, -0.25) is 9.78 Å². The van der Waals surface area contributed by atoms with Crippen LogP contribution in [0.5, 0.6) is 5.75 Å². The second-order valence-electron chi connectivity index (χ2n) is 10.3. The van der Waals surface area contributed by atoms with Crippen LogP contribution in [-0.4, -0.2) is 53.5 Å². The number of alkyl halides is 1. The van der Waals surface area contributed by atoms with Crippen LogP contribution in [0.25, 0.3) is 10.9 Å². The second-order valence-corrected chi connectivity index (χ2v) is 11.4. The van der Waals surface area contributed by atoms with Crippen molar-refractivity contribution in [2.24, 2.45) is 11.1 Å². The molecule has 2 heterocycles. The predicted molar refractivity (Wildman–Crippen MR) is 147 cm³/mol. The van der Waals surface area contributed by atoms with Crippen molar-refractivity contribution in [3.8, 4) is 5.75 Å². The number of benzene rings is 2. The van der Waals surface area contributed by atoms with Crippen molar-refractivity contribution in [3.63, 3.8) is 0 Å². The van der Waals surface area contributed by atoms with Crippen LogP contribution in [0.2, 0.25) is 0 Å². The fourth-order valence-electron chi connectivity index (χ4n) is 5.48. The Bertz CT molecular complexity index is 1350. The van der Waals surface area contributed by atoms with E-state index < -0.39 is 35.0 Å². The lowest BCUT2D eigenvalue weighted by Crippen LogP contribution is -2.42. The Morgan fingerprint density at radius 2 is 1.98 bits per heavy atom. The number of fused-ring (bicyclic) bond motifs is 1. The number of carboxylic acids is 1. The lowest BCUT2D eigenvalue weighted by atomic mass is 9.71. The molecule has 1 aromatic heterocycles. The van der Waals surface area contributed by atoms with E-state index in [1.165, 1.54) is 7.11 Å². The quantitative estimate of drug-likeness (QED) is 0.149. The molecule has 0 amide bonds. The number of aliphatic carboxylic acids is 1. The summed E-state index contributed by atoms with van der Waals surface area (Å²) in [5.41, 5.74) is 7.04. The first-order valence-electron chi connectivity index (χ1n) is 13.2. The zero-order valence-corrected chi connectivity index (χ0v) is 23.1. The third-order valence-corrected chi connectivity index (χ3v) is 8.72. The van der Waals surface area contributed by atoms with Crippen LogP contribution < -0.4 is 10.5 Å². The highest BCUT2D eigenvalue weighted by Crippen LogP contribution is 2.43. The molecule has 3 N–H and O–H groups in total. The molecule has 0 aliphatic carbocycles. The zero-order chi connectivity index (χ0) is 28.9. The number of pyridine rings is 1. The normalized spacial score (nSPS) is 16.2. The van der Waals surface area contributed by atoms with Crippen LogP contribution in [0.15, 0.2) is 41.4 Å². The summed E-state index contributed by atoms with van der Waals surface area (Å²) in [7, 11) is 1.54. The number of nitrogens with two attached hydrogens (primary N) is 1. The van der Waals surface area contributed by atoms with Crippen LogP contribution in [-0.2, 0) is 11.3 Å². The summed E-state index contributed by atoms with van der Waals surface area (Å²) in [6, 6.07) is 6.76. The van der Waals surface area contributed by atoms with Gasteiger partial charge in [0.2, 0.25) is 0 Å². The third kappa shape index (κ3) is 7.05. The number of hydrogen-bond acceptors (Lipinski definition) is 6. The number of likely N-dealkylation sites (tertiary alicyclic amines) is 1. The van der Waals surface area contributed by atoms with Gasteiger partial charge in [-0.05, 0) is 74.0 Å². The summed E-state index contributed by atoms with van der Waals surface area (Å²) in [6.45, 7) is 1.85. The van der Waals surface area contributed by atoms with Gasteiger partial charge in [-0.25, -0.2) is 17.6 Å². The summed E-state index contributed by atoms with van der Waals surface area (Å²) in [5.74, 6) is -3.05. The van der Waals surface area contributed by atoms with E-state index in [0.717, 1.165) is 17.8 Å². The maximum atomic E-state index is 15.9. The molecular formula is C29H33F4N3O3S. The van der Waals surface area contributed by atoms with E-state index in [0.29, 0.717) is 78.5 Å². The molecule has 216 valence electrons. The van der Waals surface area contributed by atoms with Gasteiger partial charge in [0.1, 0.15) is 17.7 Å². The van der Waals surface area contributed by atoms with Gasteiger partial charge in [0.25, 0.3) is 0 Å². The Morgan fingerprint density at radius 1 is 1.23 bits per heavy atom. The van der Waals surface area contributed by atoms with Crippen LogP contribution in [0.1, 0.15) is 49.4 Å². The molecule has 0 bridgehead atoms. The zero-order valence-electron chi connectivity index (χ0n) is 22.3. The van der Waals surface area contributed by atoms with E-state index >= 15 is 4.39 Å². The van der Waals surface area contributed by atoms with Gasteiger partial charge in [0.15, 0.2) is 11.6 Å². The lowest BCUT2D eigenvalue weighted by molar-refractivity contribution is -0.141. The first kappa shape index (κ1) is 30.1. The largest absolute Gasteiger partial charge is 0.497 e. The predicted octanol–water partition coefficient (Wildman–Crippen LogP) is 6.26.